The molecule has 0 amide bonds. The molecule has 9 aromatic rings. The normalized spacial score (nSPS) is 15.8. The molecule has 10 rings (SSSR count). The minimum Gasteiger partial charge on any atom is -0.456 e. The van der Waals surface area contributed by atoms with Gasteiger partial charge in [0.1, 0.15) is 11.2 Å². The highest BCUT2D eigenvalue weighted by atomic mass is 16.3. The van der Waals surface area contributed by atoms with Crippen LogP contribution in [-0.4, -0.2) is 15.0 Å². The van der Waals surface area contributed by atoms with E-state index in [0.29, 0.717) is 17.5 Å². The van der Waals surface area contributed by atoms with Gasteiger partial charge in [-0.15, -0.1) is 0 Å². The van der Waals surface area contributed by atoms with E-state index in [0.717, 1.165) is 56.2 Å². The van der Waals surface area contributed by atoms with E-state index in [1.165, 1.54) is 27.1 Å². The zero-order valence-electron chi connectivity index (χ0n) is 28.6. The third-order valence-corrected chi connectivity index (χ3v) is 10.5. The Morgan fingerprint density at radius 2 is 1.23 bits per heavy atom. The molecule has 246 valence electrons. The lowest BCUT2D eigenvalue weighted by Crippen LogP contribution is -2.21. The maximum atomic E-state index is 6.53. The van der Waals surface area contributed by atoms with E-state index in [9.17, 15) is 0 Å². The van der Waals surface area contributed by atoms with Crippen molar-refractivity contribution in [1.82, 2.24) is 15.0 Å². The number of benzene rings is 7. The van der Waals surface area contributed by atoms with Gasteiger partial charge in [-0.1, -0.05) is 153 Å². The number of furan rings is 1. The van der Waals surface area contributed by atoms with Gasteiger partial charge in [-0.05, 0) is 68.9 Å². The molecule has 4 nitrogen and oxygen atoms in total. The highest BCUT2D eigenvalue weighted by Gasteiger charge is 2.28. The van der Waals surface area contributed by atoms with Gasteiger partial charge in [-0.3, -0.25) is 0 Å². The van der Waals surface area contributed by atoms with Gasteiger partial charge in [0.25, 0.3) is 0 Å². The van der Waals surface area contributed by atoms with Crippen LogP contribution in [0.1, 0.15) is 24.7 Å². The third kappa shape index (κ3) is 5.11. The Hall–Kier alpha value is -6.65. The zero-order chi connectivity index (χ0) is 34.6. The predicted octanol–water partition coefficient (Wildman–Crippen LogP) is 12.4. The van der Waals surface area contributed by atoms with Gasteiger partial charge < -0.3 is 4.42 Å². The summed E-state index contributed by atoms with van der Waals surface area (Å²) in [5.74, 6) is 1.89. The van der Waals surface area contributed by atoms with E-state index in [1.807, 2.05) is 30.3 Å². The van der Waals surface area contributed by atoms with E-state index in [-0.39, 0.29) is 5.41 Å². The van der Waals surface area contributed by atoms with Crippen molar-refractivity contribution in [3.05, 3.63) is 181 Å². The van der Waals surface area contributed by atoms with Crippen LogP contribution in [0.25, 0.3) is 83.0 Å². The summed E-state index contributed by atoms with van der Waals surface area (Å²) >= 11 is 0. The molecule has 0 spiro atoms. The molecule has 52 heavy (non-hydrogen) atoms. The fourth-order valence-corrected chi connectivity index (χ4v) is 7.73. The van der Waals surface area contributed by atoms with Gasteiger partial charge in [0.05, 0.1) is 0 Å². The molecule has 2 heterocycles. The van der Waals surface area contributed by atoms with Crippen molar-refractivity contribution in [1.29, 1.82) is 0 Å². The van der Waals surface area contributed by atoms with Crippen LogP contribution in [0.3, 0.4) is 0 Å². The Morgan fingerprint density at radius 1 is 0.519 bits per heavy atom. The Balaban J connectivity index is 1.16. The second-order valence-corrected chi connectivity index (χ2v) is 13.9. The van der Waals surface area contributed by atoms with Gasteiger partial charge in [0.15, 0.2) is 17.5 Å². The predicted molar refractivity (Wildman–Crippen MR) is 214 cm³/mol. The number of hydrogen-bond donors (Lipinski definition) is 0. The maximum Gasteiger partial charge on any atom is 0.164 e. The van der Waals surface area contributed by atoms with Crippen LogP contribution in [0.2, 0.25) is 0 Å². The zero-order valence-corrected chi connectivity index (χ0v) is 28.6. The van der Waals surface area contributed by atoms with Crippen LogP contribution in [0.15, 0.2) is 174 Å². The summed E-state index contributed by atoms with van der Waals surface area (Å²) in [6, 6.07) is 53.0. The van der Waals surface area contributed by atoms with Crippen molar-refractivity contribution >= 4 is 49.1 Å². The first kappa shape index (κ1) is 30.2. The number of allylic oxidation sites excluding steroid dienone is 4. The van der Waals surface area contributed by atoms with E-state index in [4.69, 9.17) is 19.4 Å². The second-order valence-electron chi connectivity index (χ2n) is 13.9. The summed E-state index contributed by atoms with van der Waals surface area (Å²) in [5, 5.41) is 6.95. The van der Waals surface area contributed by atoms with Crippen molar-refractivity contribution in [3.63, 3.8) is 0 Å². The first-order valence-corrected chi connectivity index (χ1v) is 17.7. The molecule has 1 atom stereocenters. The lowest BCUT2D eigenvalue weighted by atomic mass is 9.74. The molecule has 0 fully saturated rings. The minimum absolute atomic E-state index is 0.168. The molecule has 0 radical (unpaired) electrons. The highest BCUT2D eigenvalue weighted by Crippen LogP contribution is 2.42. The van der Waals surface area contributed by atoms with Crippen molar-refractivity contribution in [3.8, 4) is 33.9 Å². The topological polar surface area (TPSA) is 51.8 Å². The smallest absolute Gasteiger partial charge is 0.164 e. The second kappa shape index (κ2) is 12.0. The Labute approximate surface area is 301 Å². The number of nitrogens with zero attached hydrogens (tertiary/aromatic N) is 3. The standard InChI is InChI=1S/C48H33N3O/c1-48(41-20-11-17-32-13-7-8-18-38(32)41)26-24-34(25-27-48)46-49-45(33-14-3-2-4-15-33)50-47(51-46)40-29-37(36-23-22-31-12-5-6-16-35(31)28-36)30-43-44(40)39-19-9-10-21-42(39)52-43/h2-26,28-30H,27H2,1H3. The van der Waals surface area contributed by atoms with Gasteiger partial charge in [-0.2, -0.15) is 0 Å². The molecule has 4 heteroatoms. The summed E-state index contributed by atoms with van der Waals surface area (Å²) in [4.78, 5) is 15.5. The molecule has 0 N–H and O–H groups in total. The molecular formula is C48H33N3O. The molecule has 0 aliphatic heterocycles. The van der Waals surface area contributed by atoms with Crippen LogP contribution in [0.4, 0.5) is 0 Å². The number of para-hydroxylation sites is 1. The lowest BCUT2D eigenvalue weighted by Gasteiger charge is -2.30. The average Bonchev–Trinajstić information content (AvgIpc) is 3.59. The highest BCUT2D eigenvalue weighted by molar-refractivity contribution is 6.13. The van der Waals surface area contributed by atoms with E-state index >= 15 is 0 Å². The lowest BCUT2D eigenvalue weighted by molar-refractivity contribution is 0.606. The van der Waals surface area contributed by atoms with Crippen molar-refractivity contribution in [2.24, 2.45) is 0 Å². The van der Waals surface area contributed by atoms with Crippen LogP contribution in [0, 0.1) is 0 Å². The van der Waals surface area contributed by atoms with E-state index in [1.54, 1.807) is 0 Å². The van der Waals surface area contributed by atoms with Gasteiger partial charge in [-0.25, -0.2) is 15.0 Å². The van der Waals surface area contributed by atoms with Crippen molar-refractivity contribution in [2.75, 3.05) is 0 Å². The molecule has 0 bridgehead atoms. The van der Waals surface area contributed by atoms with Crippen LogP contribution in [-0.2, 0) is 5.41 Å². The largest absolute Gasteiger partial charge is 0.456 e. The quantitative estimate of drug-likeness (QED) is 0.183. The van der Waals surface area contributed by atoms with Crippen molar-refractivity contribution < 1.29 is 4.42 Å². The van der Waals surface area contributed by atoms with Crippen LogP contribution in [0.5, 0.6) is 0 Å². The molecule has 2 aromatic heterocycles. The van der Waals surface area contributed by atoms with Gasteiger partial charge in [0, 0.05) is 32.9 Å². The molecule has 7 aromatic carbocycles. The molecule has 1 unspecified atom stereocenters. The van der Waals surface area contributed by atoms with Crippen LogP contribution < -0.4 is 0 Å². The first-order valence-electron chi connectivity index (χ1n) is 17.7. The van der Waals surface area contributed by atoms with Gasteiger partial charge in [0.2, 0.25) is 0 Å². The molecule has 0 saturated heterocycles. The molecule has 1 aliphatic carbocycles. The van der Waals surface area contributed by atoms with Crippen molar-refractivity contribution in [2.45, 2.75) is 18.8 Å². The first-order chi connectivity index (χ1) is 25.6. The fourth-order valence-electron chi connectivity index (χ4n) is 7.73. The average molecular weight is 668 g/mol. The summed E-state index contributed by atoms with van der Waals surface area (Å²) in [5.41, 5.74) is 7.75. The molecule has 1 aliphatic rings. The third-order valence-electron chi connectivity index (χ3n) is 10.5. The Kier molecular flexibility index (Phi) is 6.97. The number of rotatable bonds is 5. The molecular weight excluding hydrogens is 635 g/mol. The monoisotopic (exact) mass is 667 g/mol. The van der Waals surface area contributed by atoms with Crippen LogP contribution >= 0.6 is 0 Å². The number of aromatic nitrogens is 3. The number of hydrogen-bond acceptors (Lipinski definition) is 4. The minimum atomic E-state index is -0.168. The SMILES string of the molecule is CC1(c2cccc3ccccc23)C=CC(c2nc(-c3ccccc3)nc(-c3cc(-c4ccc5ccccc5c4)cc4oc5ccccc5c34)n2)=CC1. The maximum absolute atomic E-state index is 6.53. The number of fused-ring (bicyclic) bond motifs is 5. The fraction of sp³-hybridized carbons (Fsp3) is 0.0625. The molecule has 0 saturated carbocycles. The van der Waals surface area contributed by atoms with Gasteiger partial charge >= 0.3 is 0 Å². The van der Waals surface area contributed by atoms with E-state index in [2.05, 4.69) is 146 Å². The van der Waals surface area contributed by atoms with E-state index < -0.39 is 0 Å². The summed E-state index contributed by atoms with van der Waals surface area (Å²) in [6.45, 7) is 2.31. The Morgan fingerprint density at radius 3 is 2.08 bits per heavy atom. The summed E-state index contributed by atoms with van der Waals surface area (Å²) < 4.78 is 6.53. The summed E-state index contributed by atoms with van der Waals surface area (Å²) in [6.07, 6.45) is 7.61. The summed E-state index contributed by atoms with van der Waals surface area (Å²) in [7, 11) is 0. The Bertz CT molecular complexity index is 2900.